The van der Waals surface area contributed by atoms with Crippen molar-refractivity contribution in [2.75, 3.05) is 5.32 Å². The molecule has 0 radical (unpaired) electrons. The van der Waals surface area contributed by atoms with Crippen LogP contribution in [-0.2, 0) is 0 Å². The predicted molar refractivity (Wildman–Crippen MR) is 104 cm³/mol. The van der Waals surface area contributed by atoms with Gasteiger partial charge in [-0.2, -0.15) is 0 Å². The van der Waals surface area contributed by atoms with E-state index in [2.05, 4.69) is 30.2 Å². The van der Waals surface area contributed by atoms with Crippen molar-refractivity contribution in [1.82, 2.24) is 4.98 Å². The second-order valence-corrected chi connectivity index (χ2v) is 7.37. The lowest BCUT2D eigenvalue weighted by Crippen LogP contribution is -2.11. The van der Waals surface area contributed by atoms with E-state index in [4.69, 9.17) is 11.6 Å². The number of benzene rings is 2. The highest BCUT2D eigenvalue weighted by atomic mass is 35.5. The van der Waals surface area contributed by atoms with E-state index in [1.165, 1.54) is 29.0 Å². The Morgan fingerprint density at radius 2 is 2.12 bits per heavy atom. The predicted octanol–water partition coefficient (Wildman–Crippen LogP) is 5.62. The fourth-order valence-electron chi connectivity index (χ4n) is 2.50. The number of nitrogens with one attached hydrogen (secondary N) is 1. The average Bonchev–Trinajstić information content (AvgIpc) is 3.02. The summed E-state index contributed by atoms with van der Waals surface area (Å²) in [6.07, 6.45) is 1.04. The number of aromatic nitrogens is 1. The zero-order valence-corrected chi connectivity index (χ0v) is 15.7. The lowest BCUT2D eigenvalue weighted by molar-refractivity contribution is -0.384. The van der Waals surface area contributed by atoms with Crippen LogP contribution in [0.2, 0.25) is 5.02 Å². The minimum absolute atomic E-state index is 0.0101. The van der Waals surface area contributed by atoms with Gasteiger partial charge in [0.1, 0.15) is 5.02 Å². The molecule has 3 rings (SSSR count). The quantitative estimate of drug-likeness (QED) is 0.453. The molecule has 1 atom stereocenters. The maximum absolute atomic E-state index is 12.4. The molecule has 1 unspecified atom stereocenters. The van der Waals surface area contributed by atoms with Gasteiger partial charge in [0.15, 0.2) is 5.13 Å². The third kappa shape index (κ3) is 3.68. The Balaban J connectivity index is 1.85. The zero-order valence-electron chi connectivity index (χ0n) is 14.2. The number of thiazole rings is 1. The van der Waals surface area contributed by atoms with Gasteiger partial charge in [-0.1, -0.05) is 42.9 Å². The summed E-state index contributed by atoms with van der Waals surface area (Å²) in [5.74, 6) is -0.0138. The van der Waals surface area contributed by atoms with Crippen molar-refractivity contribution in [2.24, 2.45) is 0 Å². The molecule has 0 aliphatic carbocycles. The number of carbonyl (C=O) groups is 1. The molecule has 0 bridgehead atoms. The number of hydrogen-bond donors (Lipinski definition) is 1. The Labute approximate surface area is 159 Å². The Morgan fingerprint density at radius 3 is 2.81 bits per heavy atom. The van der Waals surface area contributed by atoms with E-state index in [0.29, 0.717) is 11.0 Å². The van der Waals surface area contributed by atoms with Gasteiger partial charge >= 0.3 is 0 Å². The van der Waals surface area contributed by atoms with Crippen LogP contribution in [0.5, 0.6) is 0 Å². The van der Waals surface area contributed by atoms with E-state index in [1.54, 1.807) is 0 Å². The van der Waals surface area contributed by atoms with Gasteiger partial charge in [0.2, 0.25) is 0 Å². The van der Waals surface area contributed by atoms with Crippen LogP contribution in [0, 0.1) is 10.1 Å². The van der Waals surface area contributed by atoms with Crippen LogP contribution in [-0.4, -0.2) is 15.8 Å². The highest BCUT2D eigenvalue weighted by Crippen LogP contribution is 2.31. The number of nitro benzene ring substituents is 1. The first-order valence-corrected chi connectivity index (χ1v) is 9.24. The van der Waals surface area contributed by atoms with E-state index >= 15 is 0 Å². The van der Waals surface area contributed by atoms with E-state index < -0.39 is 10.8 Å². The van der Waals surface area contributed by atoms with Crippen LogP contribution in [0.25, 0.3) is 10.2 Å². The maximum Gasteiger partial charge on any atom is 0.288 e. The van der Waals surface area contributed by atoms with Crippen LogP contribution in [0.3, 0.4) is 0 Å². The first-order chi connectivity index (χ1) is 12.4. The number of amides is 1. The SMILES string of the molecule is CCC(C)c1ccc2nc(NC(=O)c3ccc(Cl)c([N+](=O)[O-])c3)sc2c1. The highest BCUT2D eigenvalue weighted by molar-refractivity contribution is 7.22. The van der Waals surface area contributed by atoms with Crippen molar-refractivity contribution >= 4 is 49.9 Å². The van der Waals surface area contributed by atoms with Crippen molar-refractivity contribution in [3.05, 3.63) is 62.7 Å². The molecular weight excluding hydrogens is 374 g/mol. The summed E-state index contributed by atoms with van der Waals surface area (Å²) < 4.78 is 0.986. The largest absolute Gasteiger partial charge is 0.298 e. The first kappa shape index (κ1) is 18.3. The van der Waals surface area contributed by atoms with Crippen molar-refractivity contribution in [1.29, 1.82) is 0 Å². The monoisotopic (exact) mass is 389 g/mol. The van der Waals surface area contributed by atoms with Crippen LogP contribution < -0.4 is 5.32 Å². The van der Waals surface area contributed by atoms with Crippen LogP contribution in [0.1, 0.15) is 42.1 Å². The summed E-state index contributed by atoms with van der Waals surface area (Å²) in [5.41, 5.74) is 1.89. The summed E-state index contributed by atoms with van der Waals surface area (Å²) in [6, 6.07) is 10.0. The number of nitrogens with zero attached hydrogens (tertiary/aromatic N) is 2. The molecule has 1 heterocycles. The molecule has 6 nitrogen and oxygen atoms in total. The molecule has 1 aromatic heterocycles. The number of rotatable bonds is 5. The maximum atomic E-state index is 12.4. The molecule has 0 spiro atoms. The van der Waals surface area contributed by atoms with E-state index in [1.807, 2.05) is 12.1 Å². The van der Waals surface area contributed by atoms with Gasteiger partial charge in [-0.3, -0.25) is 20.2 Å². The second kappa shape index (κ2) is 7.39. The van der Waals surface area contributed by atoms with Gasteiger partial charge in [0, 0.05) is 11.6 Å². The fraction of sp³-hybridized carbons (Fsp3) is 0.222. The molecule has 1 amide bonds. The Hall–Kier alpha value is -2.51. The number of anilines is 1. The number of nitro groups is 1. The molecule has 0 fully saturated rings. The lowest BCUT2D eigenvalue weighted by atomic mass is 9.99. The second-order valence-electron chi connectivity index (χ2n) is 5.93. The third-order valence-corrected chi connectivity index (χ3v) is 5.47. The molecule has 1 N–H and O–H groups in total. The third-order valence-electron chi connectivity index (χ3n) is 4.22. The molecular formula is C18H16ClN3O3S. The summed E-state index contributed by atoms with van der Waals surface area (Å²) in [7, 11) is 0. The summed E-state index contributed by atoms with van der Waals surface area (Å²) in [4.78, 5) is 27.1. The molecule has 0 aliphatic heterocycles. The Bertz CT molecular complexity index is 1000. The summed E-state index contributed by atoms with van der Waals surface area (Å²) in [6.45, 7) is 4.30. The Morgan fingerprint density at radius 1 is 1.35 bits per heavy atom. The minimum Gasteiger partial charge on any atom is -0.298 e. The Kier molecular flexibility index (Phi) is 5.20. The molecule has 2 aromatic carbocycles. The number of carbonyl (C=O) groups excluding carboxylic acids is 1. The zero-order chi connectivity index (χ0) is 18.8. The standard InChI is InChI=1S/C18H16ClN3O3S/c1-3-10(2)11-5-7-14-16(9-11)26-18(20-14)21-17(23)12-4-6-13(19)15(8-12)22(24)25/h4-10H,3H2,1-2H3,(H,20,21,23). The van der Waals surface area contributed by atoms with Crippen LogP contribution in [0.4, 0.5) is 10.8 Å². The fourth-order valence-corrected chi connectivity index (χ4v) is 3.60. The molecule has 0 aliphatic rings. The van der Waals surface area contributed by atoms with Crippen molar-refractivity contribution < 1.29 is 9.72 Å². The van der Waals surface area contributed by atoms with Gasteiger partial charge in [-0.05, 0) is 42.2 Å². The van der Waals surface area contributed by atoms with Crippen molar-refractivity contribution in [3.63, 3.8) is 0 Å². The lowest BCUT2D eigenvalue weighted by Gasteiger charge is -2.07. The number of hydrogen-bond acceptors (Lipinski definition) is 5. The number of fused-ring (bicyclic) bond motifs is 1. The molecule has 134 valence electrons. The topological polar surface area (TPSA) is 85.1 Å². The smallest absolute Gasteiger partial charge is 0.288 e. The normalized spacial score (nSPS) is 12.1. The first-order valence-electron chi connectivity index (χ1n) is 8.04. The van der Waals surface area contributed by atoms with Gasteiger partial charge < -0.3 is 0 Å². The molecule has 3 aromatic rings. The highest BCUT2D eigenvalue weighted by Gasteiger charge is 2.17. The van der Waals surface area contributed by atoms with Crippen molar-refractivity contribution in [3.8, 4) is 0 Å². The van der Waals surface area contributed by atoms with Crippen molar-refractivity contribution in [2.45, 2.75) is 26.2 Å². The molecule has 8 heteroatoms. The summed E-state index contributed by atoms with van der Waals surface area (Å²) in [5, 5.41) is 14.1. The van der Waals surface area contributed by atoms with Gasteiger partial charge in [-0.15, -0.1) is 0 Å². The number of halogens is 1. The van der Waals surface area contributed by atoms with Gasteiger partial charge in [0.25, 0.3) is 11.6 Å². The molecule has 26 heavy (non-hydrogen) atoms. The van der Waals surface area contributed by atoms with Gasteiger partial charge in [-0.25, -0.2) is 4.98 Å². The minimum atomic E-state index is -0.618. The van der Waals surface area contributed by atoms with Gasteiger partial charge in [0.05, 0.1) is 15.1 Å². The van der Waals surface area contributed by atoms with E-state index in [0.717, 1.165) is 22.7 Å². The van der Waals surface area contributed by atoms with E-state index in [9.17, 15) is 14.9 Å². The summed E-state index contributed by atoms with van der Waals surface area (Å²) >= 11 is 7.15. The average molecular weight is 390 g/mol. The van der Waals surface area contributed by atoms with Crippen LogP contribution >= 0.6 is 22.9 Å². The molecule has 0 saturated heterocycles. The van der Waals surface area contributed by atoms with E-state index in [-0.39, 0.29) is 16.3 Å². The van der Waals surface area contributed by atoms with Crippen LogP contribution in [0.15, 0.2) is 36.4 Å². The molecule has 0 saturated carbocycles.